The van der Waals surface area contributed by atoms with Gasteiger partial charge in [0.1, 0.15) is 0 Å². The second kappa shape index (κ2) is 4.08. The zero-order valence-corrected chi connectivity index (χ0v) is 10.4. The molecule has 1 N–H and O–H groups in total. The number of nitrogens with one attached hydrogen (secondary N) is 1. The van der Waals surface area contributed by atoms with Crippen molar-refractivity contribution in [3.8, 4) is 0 Å². The summed E-state index contributed by atoms with van der Waals surface area (Å²) in [4.78, 5) is 0. The van der Waals surface area contributed by atoms with E-state index in [2.05, 4.69) is 62.5 Å². The SMILES string of the molecule is CC(C)(C)CNCC(C)(C)I. The highest BCUT2D eigenvalue weighted by Crippen LogP contribution is 2.16. The molecule has 11 heavy (non-hydrogen) atoms. The van der Waals surface area contributed by atoms with Crippen molar-refractivity contribution in [2.45, 2.75) is 38.0 Å². The lowest BCUT2D eigenvalue weighted by Gasteiger charge is -2.23. The summed E-state index contributed by atoms with van der Waals surface area (Å²) >= 11 is 2.47. The Morgan fingerprint density at radius 2 is 1.45 bits per heavy atom. The molecule has 1 nitrogen and oxygen atoms in total. The van der Waals surface area contributed by atoms with E-state index in [-0.39, 0.29) is 0 Å². The number of halogens is 1. The van der Waals surface area contributed by atoms with Gasteiger partial charge in [0, 0.05) is 16.5 Å². The van der Waals surface area contributed by atoms with Gasteiger partial charge < -0.3 is 5.32 Å². The van der Waals surface area contributed by atoms with E-state index in [1.165, 1.54) is 0 Å². The Morgan fingerprint density at radius 1 is 1.00 bits per heavy atom. The fourth-order valence-corrected chi connectivity index (χ4v) is 1.00. The van der Waals surface area contributed by atoms with Crippen molar-refractivity contribution in [3.05, 3.63) is 0 Å². The minimum absolute atomic E-state index is 0.378. The summed E-state index contributed by atoms with van der Waals surface area (Å²) in [7, 11) is 0. The van der Waals surface area contributed by atoms with Gasteiger partial charge in [-0.05, 0) is 19.3 Å². The first-order valence-corrected chi connectivity index (χ1v) is 5.18. The molecule has 0 saturated heterocycles. The molecule has 0 spiro atoms. The summed E-state index contributed by atoms with van der Waals surface area (Å²) in [5, 5.41) is 3.46. The normalized spacial score (nSPS) is 13.6. The van der Waals surface area contributed by atoms with Crippen molar-refractivity contribution in [3.63, 3.8) is 0 Å². The average Bonchev–Trinajstić information content (AvgIpc) is 1.55. The van der Waals surface area contributed by atoms with Crippen LogP contribution in [0.25, 0.3) is 0 Å². The first kappa shape index (κ1) is 11.7. The van der Waals surface area contributed by atoms with Crippen molar-refractivity contribution in [2.24, 2.45) is 5.41 Å². The Balaban J connectivity index is 3.44. The van der Waals surface area contributed by atoms with Gasteiger partial charge in [-0.25, -0.2) is 0 Å². The number of rotatable bonds is 3. The first-order valence-electron chi connectivity index (χ1n) is 4.10. The second-order valence-electron chi connectivity index (χ2n) is 4.88. The van der Waals surface area contributed by atoms with Crippen molar-refractivity contribution in [2.75, 3.05) is 13.1 Å². The summed E-state index contributed by atoms with van der Waals surface area (Å²) in [6.45, 7) is 13.4. The van der Waals surface area contributed by atoms with Crippen LogP contribution in [0.15, 0.2) is 0 Å². The molecule has 0 heterocycles. The molecule has 0 radical (unpaired) electrons. The zero-order valence-electron chi connectivity index (χ0n) is 8.29. The van der Waals surface area contributed by atoms with Gasteiger partial charge in [0.25, 0.3) is 0 Å². The molecular formula is C9H20IN. The molecule has 0 aliphatic carbocycles. The highest BCUT2D eigenvalue weighted by molar-refractivity contribution is 14.1. The van der Waals surface area contributed by atoms with E-state index < -0.39 is 0 Å². The van der Waals surface area contributed by atoms with Crippen LogP contribution in [0.3, 0.4) is 0 Å². The van der Waals surface area contributed by atoms with Crippen LogP contribution in [-0.4, -0.2) is 16.5 Å². The maximum absolute atomic E-state index is 3.46. The Kier molecular flexibility index (Phi) is 4.33. The van der Waals surface area contributed by atoms with E-state index in [1.54, 1.807) is 0 Å². The molecule has 0 rings (SSSR count). The molecule has 0 saturated carbocycles. The number of hydrogen-bond acceptors (Lipinski definition) is 1. The summed E-state index contributed by atoms with van der Waals surface area (Å²) < 4.78 is 0.378. The van der Waals surface area contributed by atoms with Gasteiger partial charge in [0.2, 0.25) is 0 Å². The smallest absolute Gasteiger partial charge is 0.0290 e. The lowest BCUT2D eigenvalue weighted by atomic mass is 9.97. The Bertz CT molecular complexity index is 93.7. The molecule has 0 aromatic heterocycles. The predicted octanol–water partition coefficient (Wildman–Crippen LogP) is 2.84. The predicted molar refractivity (Wildman–Crippen MR) is 60.4 cm³/mol. The molecule has 0 aliphatic rings. The van der Waals surface area contributed by atoms with E-state index in [9.17, 15) is 0 Å². The van der Waals surface area contributed by atoms with Gasteiger partial charge in [-0.2, -0.15) is 0 Å². The minimum atomic E-state index is 0.378. The lowest BCUT2D eigenvalue weighted by molar-refractivity contribution is 0.375. The van der Waals surface area contributed by atoms with Crippen LogP contribution in [0.5, 0.6) is 0 Å². The van der Waals surface area contributed by atoms with E-state index >= 15 is 0 Å². The Hall–Kier alpha value is 0.690. The van der Waals surface area contributed by atoms with Gasteiger partial charge in [-0.15, -0.1) is 0 Å². The topological polar surface area (TPSA) is 12.0 Å². The van der Waals surface area contributed by atoms with Crippen molar-refractivity contribution < 1.29 is 0 Å². The summed E-state index contributed by atoms with van der Waals surface area (Å²) in [6, 6.07) is 0. The largest absolute Gasteiger partial charge is 0.315 e. The maximum Gasteiger partial charge on any atom is 0.0290 e. The molecule has 0 amide bonds. The third-order valence-corrected chi connectivity index (χ3v) is 1.58. The Labute approximate surface area is 84.5 Å². The van der Waals surface area contributed by atoms with E-state index in [0.29, 0.717) is 8.84 Å². The number of alkyl halides is 1. The summed E-state index contributed by atoms with van der Waals surface area (Å²) in [5.74, 6) is 0. The molecule has 0 atom stereocenters. The quantitative estimate of drug-likeness (QED) is 0.613. The minimum Gasteiger partial charge on any atom is -0.315 e. The van der Waals surface area contributed by atoms with Crippen LogP contribution in [0.4, 0.5) is 0 Å². The molecule has 2 heteroatoms. The van der Waals surface area contributed by atoms with Gasteiger partial charge in [-0.3, -0.25) is 0 Å². The monoisotopic (exact) mass is 269 g/mol. The van der Waals surface area contributed by atoms with Crippen molar-refractivity contribution in [1.82, 2.24) is 5.32 Å². The van der Waals surface area contributed by atoms with Crippen molar-refractivity contribution in [1.29, 1.82) is 0 Å². The van der Waals surface area contributed by atoms with Gasteiger partial charge in [-0.1, -0.05) is 43.4 Å². The van der Waals surface area contributed by atoms with E-state index in [0.717, 1.165) is 13.1 Å². The summed E-state index contributed by atoms with van der Waals surface area (Å²) in [6.07, 6.45) is 0. The molecule has 0 aromatic carbocycles. The first-order chi connectivity index (χ1) is 4.71. The molecule has 0 fully saturated rings. The lowest BCUT2D eigenvalue weighted by Crippen LogP contribution is -2.35. The van der Waals surface area contributed by atoms with Crippen LogP contribution in [0.1, 0.15) is 34.6 Å². The summed E-state index contributed by atoms with van der Waals surface area (Å²) in [5.41, 5.74) is 0.405. The molecule has 0 aromatic rings. The highest BCUT2D eigenvalue weighted by Gasteiger charge is 2.14. The third kappa shape index (κ3) is 10.7. The van der Waals surface area contributed by atoms with Gasteiger partial charge in [0.15, 0.2) is 0 Å². The molecule has 0 aliphatic heterocycles. The second-order valence-corrected chi connectivity index (χ2v) is 7.80. The average molecular weight is 269 g/mol. The molecule has 0 unspecified atom stereocenters. The molecule has 68 valence electrons. The third-order valence-electron chi connectivity index (χ3n) is 1.20. The maximum atomic E-state index is 3.46. The van der Waals surface area contributed by atoms with Gasteiger partial charge >= 0.3 is 0 Å². The standard InChI is InChI=1S/C9H20IN/c1-8(2,3)6-11-7-9(4,5)10/h11H,6-7H2,1-5H3. The van der Waals surface area contributed by atoms with Crippen LogP contribution in [0.2, 0.25) is 0 Å². The van der Waals surface area contributed by atoms with Crippen molar-refractivity contribution >= 4 is 22.6 Å². The van der Waals surface area contributed by atoms with E-state index in [1.807, 2.05) is 0 Å². The Morgan fingerprint density at radius 3 is 1.73 bits per heavy atom. The fourth-order valence-electron chi connectivity index (χ4n) is 0.735. The van der Waals surface area contributed by atoms with E-state index in [4.69, 9.17) is 0 Å². The zero-order chi connectivity index (χ0) is 9.12. The van der Waals surface area contributed by atoms with Crippen LogP contribution >= 0.6 is 22.6 Å². The molecular weight excluding hydrogens is 249 g/mol. The fraction of sp³-hybridized carbons (Fsp3) is 1.00. The van der Waals surface area contributed by atoms with Crippen LogP contribution < -0.4 is 5.32 Å². The number of hydrogen-bond donors (Lipinski definition) is 1. The van der Waals surface area contributed by atoms with Crippen LogP contribution in [-0.2, 0) is 0 Å². The molecule has 0 bridgehead atoms. The van der Waals surface area contributed by atoms with Gasteiger partial charge in [0.05, 0.1) is 0 Å². The highest BCUT2D eigenvalue weighted by atomic mass is 127. The van der Waals surface area contributed by atoms with Crippen LogP contribution in [0, 0.1) is 5.41 Å².